The summed E-state index contributed by atoms with van der Waals surface area (Å²) in [5, 5.41) is 8.97. The molecule has 2 atom stereocenters. The summed E-state index contributed by atoms with van der Waals surface area (Å²) in [6.07, 6.45) is 1.20. The maximum Gasteiger partial charge on any atom is 0.334 e. The van der Waals surface area contributed by atoms with Gasteiger partial charge in [0.1, 0.15) is 6.61 Å². The van der Waals surface area contributed by atoms with E-state index in [0.29, 0.717) is 0 Å². The average Bonchev–Trinajstić information content (AvgIpc) is 2.71. The van der Waals surface area contributed by atoms with Crippen LogP contribution in [0.4, 0.5) is 0 Å². The number of aliphatic carboxylic acids is 1. The monoisotopic (exact) mass is 231 g/mol. The third kappa shape index (κ3) is 2.26. The van der Waals surface area contributed by atoms with Crippen molar-refractivity contribution in [3.05, 3.63) is 0 Å². The van der Waals surface area contributed by atoms with Crippen molar-refractivity contribution in [2.45, 2.75) is 24.3 Å². The largest absolute Gasteiger partial charge is 0.479 e. The summed E-state index contributed by atoms with van der Waals surface area (Å²) in [6.45, 7) is 0.0832. The average molecular weight is 231 g/mol. The molecule has 0 saturated carbocycles. The van der Waals surface area contributed by atoms with E-state index in [2.05, 4.69) is 0 Å². The Morgan fingerprint density at radius 1 is 1.60 bits per heavy atom. The van der Waals surface area contributed by atoms with Gasteiger partial charge < -0.3 is 14.7 Å². The summed E-state index contributed by atoms with van der Waals surface area (Å²) in [5.74, 6) is -0.0325. The topological polar surface area (TPSA) is 66.8 Å². The summed E-state index contributed by atoms with van der Waals surface area (Å²) in [4.78, 5) is 23.9. The van der Waals surface area contributed by atoms with Gasteiger partial charge in [-0.2, -0.15) is 0 Å². The van der Waals surface area contributed by atoms with Gasteiger partial charge in [0.05, 0.1) is 11.9 Å². The first kappa shape index (κ1) is 10.8. The predicted molar refractivity (Wildman–Crippen MR) is 54.6 cm³/mol. The molecule has 0 aliphatic carbocycles. The lowest BCUT2D eigenvalue weighted by Crippen LogP contribution is -2.52. The van der Waals surface area contributed by atoms with Gasteiger partial charge in [0.2, 0.25) is 5.91 Å². The van der Waals surface area contributed by atoms with Gasteiger partial charge in [-0.25, -0.2) is 4.79 Å². The third-order valence-electron chi connectivity index (χ3n) is 2.62. The van der Waals surface area contributed by atoms with Crippen molar-refractivity contribution in [1.29, 1.82) is 0 Å². The van der Waals surface area contributed by atoms with Crippen LogP contribution in [0.25, 0.3) is 0 Å². The first-order chi connectivity index (χ1) is 7.18. The molecular formula is C9H13NO4S. The molecule has 2 fully saturated rings. The summed E-state index contributed by atoms with van der Waals surface area (Å²) in [6, 6.07) is 0. The van der Waals surface area contributed by atoms with Crippen LogP contribution in [0.15, 0.2) is 0 Å². The molecular weight excluding hydrogens is 218 g/mol. The lowest BCUT2D eigenvalue weighted by Gasteiger charge is -2.34. The van der Waals surface area contributed by atoms with Crippen LogP contribution in [-0.2, 0) is 14.3 Å². The van der Waals surface area contributed by atoms with Gasteiger partial charge in [-0.1, -0.05) is 0 Å². The minimum absolute atomic E-state index is 0.0908. The Hall–Kier alpha value is -0.750. The lowest BCUT2D eigenvalue weighted by atomic mass is 10.2. The Bertz CT molecular complexity index is 277. The number of nitrogens with zero attached hydrogens (tertiary/aromatic N) is 1. The van der Waals surface area contributed by atoms with E-state index in [4.69, 9.17) is 9.84 Å². The zero-order valence-electron chi connectivity index (χ0n) is 8.22. The van der Waals surface area contributed by atoms with Crippen molar-refractivity contribution in [3.63, 3.8) is 0 Å². The molecule has 0 spiro atoms. The maximum atomic E-state index is 11.5. The van der Waals surface area contributed by atoms with E-state index in [-0.39, 0.29) is 24.4 Å². The van der Waals surface area contributed by atoms with Crippen molar-refractivity contribution in [2.75, 3.05) is 18.9 Å². The fraction of sp³-hybridized carbons (Fsp3) is 0.778. The van der Waals surface area contributed by atoms with Crippen LogP contribution >= 0.6 is 11.8 Å². The molecule has 2 saturated heterocycles. The summed E-state index contributed by atoms with van der Waals surface area (Å²) >= 11 is 1.72. The van der Waals surface area contributed by atoms with Crippen molar-refractivity contribution in [3.8, 4) is 0 Å². The van der Waals surface area contributed by atoms with Crippen LogP contribution in [0.3, 0.4) is 0 Å². The van der Waals surface area contributed by atoms with Crippen molar-refractivity contribution in [1.82, 2.24) is 4.90 Å². The van der Waals surface area contributed by atoms with Crippen LogP contribution in [-0.4, -0.2) is 52.3 Å². The number of amides is 1. The molecule has 0 aromatic rings. The van der Waals surface area contributed by atoms with E-state index in [1.54, 1.807) is 16.7 Å². The van der Waals surface area contributed by atoms with Gasteiger partial charge in [0.25, 0.3) is 0 Å². The van der Waals surface area contributed by atoms with Crippen LogP contribution in [0, 0.1) is 0 Å². The zero-order valence-corrected chi connectivity index (χ0v) is 9.03. The zero-order chi connectivity index (χ0) is 10.8. The second-order valence-corrected chi connectivity index (χ2v) is 4.94. The van der Waals surface area contributed by atoms with E-state index >= 15 is 0 Å². The molecule has 0 aromatic carbocycles. The SMILES string of the molecule is O=C(O)C1CN(C2CCCS2)C(=O)CO1. The van der Waals surface area contributed by atoms with Crippen LogP contribution in [0.1, 0.15) is 12.8 Å². The van der Waals surface area contributed by atoms with Gasteiger partial charge in [-0.05, 0) is 18.6 Å². The second kappa shape index (κ2) is 4.40. The Labute approximate surface area is 91.8 Å². The highest BCUT2D eigenvalue weighted by molar-refractivity contribution is 8.00. The molecule has 2 unspecified atom stereocenters. The number of carboxylic acids is 1. The third-order valence-corrected chi connectivity index (χ3v) is 4.02. The highest BCUT2D eigenvalue weighted by Crippen LogP contribution is 2.30. The fourth-order valence-corrected chi connectivity index (χ4v) is 3.14. The molecule has 1 amide bonds. The molecule has 0 radical (unpaired) electrons. The summed E-state index contributed by atoms with van der Waals surface area (Å²) in [7, 11) is 0. The van der Waals surface area contributed by atoms with Crippen LogP contribution in [0.2, 0.25) is 0 Å². The molecule has 84 valence electrons. The highest BCUT2D eigenvalue weighted by atomic mass is 32.2. The number of carboxylic acid groups (broad SMARTS) is 1. The minimum Gasteiger partial charge on any atom is -0.479 e. The van der Waals surface area contributed by atoms with Crippen LogP contribution < -0.4 is 0 Å². The van der Waals surface area contributed by atoms with Gasteiger partial charge in [-0.3, -0.25) is 4.79 Å². The predicted octanol–water partition coefficient (Wildman–Crippen LogP) is 0.151. The molecule has 2 rings (SSSR count). The standard InChI is InChI=1S/C9H13NO4S/c11-7-5-14-6(9(12)13)4-10(7)8-2-1-3-15-8/h6,8H,1-5H2,(H,12,13). The van der Waals surface area contributed by atoms with E-state index < -0.39 is 12.1 Å². The van der Waals surface area contributed by atoms with Gasteiger partial charge in [-0.15, -0.1) is 11.8 Å². The Balaban J connectivity index is 2.01. The molecule has 6 heteroatoms. The molecule has 15 heavy (non-hydrogen) atoms. The number of carbonyl (C=O) groups is 2. The number of rotatable bonds is 2. The first-order valence-corrected chi connectivity index (χ1v) is 5.99. The van der Waals surface area contributed by atoms with Crippen LogP contribution in [0.5, 0.6) is 0 Å². The Kier molecular flexibility index (Phi) is 3.16. The molecule has 0 aromatic heterocycles. The molecule has 2 aliphatic heterocycles. The molecule has 1 N–H and O–H groups in total. The van der Waals surface area contributed by atoms with E-state index in [9.17, 15) is 9.59 Å². The molecule has 2 aliphatic rings. The van der Waals surface area contributed by atoms with Gasteiger partial charge in [0.15, 0.2) is 6.10 Å². The maximum absolute atomic E-state index is 11.5. The molecule has 0 bridgehead atoms. The smallest absolute Gasteiger partial charge is 0.334 e. The number of ether oxygens (including phenoxy) is 1. The second-order valence-electron chi connectivity index (χ2n) is 3.65. The lowest BCUT2D eigenvalue weighted by molar-refractivity contribution is -0.165. The fourth-order valence-electron chi connectivity index (χ4n) is 1.82. The normalized spacial score (nSPS) is 32.0. The van der Waals surface area contributed by atoms with E-state index in [0.717, 1.165) is 18.6 Å². The van der Waals surface area contributed by atoms with Gasteiger partial charge in [0, 0.05) is 0 Å². The number of hydrogen-bond donors (Lipinski definition) is 1. The first-order valence-electron chi connectivity index (χ1n) is 4.94. The van der Waals surface area contributed by atoms with Crippen molar-refractivity contribution in [2.24, 2.45) is 0 Å². The van der Waals surface area contributed by atoms with E-state index in [1.807, 2.05) is 0 Å². The summed E-state index contributed by atoms with van der Waals surface area (Å²) < 4.78 is 4.94. The number of thioether (sulfide) groups is 1. The quantitative estimate of drug-likeness (QED) is 0.733. The number of hydrogen-bond acceptors (Lipinski definition) is 4. The van der Waals surface area contributed by atoms with Crippen molar-refractivity contribution < 1.29 is 19.4 Å². The number of carbonyl (C=O) groups excluding carboxylic acids is 1. The van der Waals surface area contributed by atoms with E-state index in [1.165, 1.54) is 0 Å². The highest BCUT2D eigenvalue weighted by Gasteiger charge is 2.36. The number of morpholine rings is 1. The van der Waals surface area contributed by atoms with Gasteiger partial charge >= 0.3 is 5.97 Å². The molecule has 5 nitrogen and oxygen atoms in total. The molecule has 2 heterocycles. The summed E-state index contributed by atoms with van der Waals surface area (Å²) in [5.41, 5.74) is 0. The minimum atomic E-state index is -0.990. The Morgan fingerprint density at radius 2 is 2.40 bits per heavy atom. The Morgan fingerprint density at radius 3 is 3.00 bits per heavy atom. The van der Waals surface area contributed by atoms with Crippen molar-refractivity contribution >= 4 is 23.6 Å².